The number of hydrogen-bond acceptors (Lipinski definition) is 7. The molecule has 1 atom stereocenters. The maximum atomic E-state index is 12.6. The van der Waals surface area contributed by atoms with E-state index in [4.69, 9.17) is 9.72 Å². The van der Waals surface area contributed by atoms with Gasteiger partial charge in [0.2, 0.25) is 0 Å². The number of nitrogens with zero attached hydrogens (tertiary/aromatic N) is 5. The van der Waals surface area contributed by atoms with Gasteiger partial charge in [0.1, 0.15) is 12.1 Å². The minimum Gasteiger partial charge on any atom is -0.375 e. The largest absolute Gasteiger partial charge is 0.375 e. The van der Waals surface area contributed by atoms with Crippen LogP contribution in [0.5, 0.6) is 0 Å². The van der Waals surface area contributed by atoms with E-state index in [0.717, 1.165) is 42.1 Å². The van der Waals surface area contributed by atoms with Crippen molar-refractivity contribution in [1.29, 1.82) is 0 Å². The average Bonchev–Trinajstić information content (AvgIpc) is 2.79. The van der Waals surface area contributed by atoms with Crippen molar-refractivity contribution in [3.8, 4) is 11.3 Å². The predicted molar refractivity (Wildman–Crippen MR) is 123 cm³/mol. The van der Waals surface area contributed by atoms with Gasteiger partial charge in [0, 0.05) is 48.6 Å². The molecule has 3 aromatic rings. The molecule has 0 bridgehead atoms. The molecule has 2 aromatic heterocycles. The molecule has 0 saturated carbocycles. The van der Waals surface area contributed by atoms with Gasteiger partial charge < -0.3 is 15.0 Å². The van der Waals surface area contributed by atoms with Crippen LogP contribution >= 0.6 is 0 Å². The Kier molecular flexibility index (Phi) is 5.28. The van der Waals surface area contributed by atoms with Crippen LogP contribution in [0, 0.1) is 6.92 Å². The maximum Gasteiger partial charge on any atom is 0.281 e. The van der Waals surface area contributed by atoms with E-state index in [1.807, 2.05) is 18.2 Å². The van der Waals surface area contributed by atoms with Crippen LogP contribution in [0.3, 0.4) is 0 Å². The highest BCUT2D eigenvalue weighted by Gasteiger charge is 2.23. The number of benzene rings is 1. The third kappa shape index (κ3) is 3.92. The second-order valence-corrected chi connectivity index (χ2v) is 7.95. The van der Waals surface area contributed by atoms with Gasteiger partial charge >= 0.3 is 0 Å². The van der Waals surface area contributed by atoms with Crippen LogP contribution in [0.2, 0.25) is 0 Å². The molecule has 1 fully saturated rings. The third-order valence-electron chi connectivity index (χ3n) is 5.61. The Morgan fingerprint density at radius 2 is 2.03 bits per heavy atom. The number of amides is 1. The molecule has 2 aliphatic heterocycles. The molecule has 1 saturated heterocycles. The molecule has 0 spiro atoms. The minimum absolute atomic E-state index is 0.212. The fourth-order valence-electron chi connectivity index (χ4n) is 4.10. The number of carbonyl (C=O) groups is 1. The number of hydrogen-bond donors (Lipinski definition) is 1. The van der Waals surface area contributed by atoms with Crippen molar-refractivity contribution in [2.24, 2.45) is 0 Å². The number of morpholine rings is 1. The molecule has 5 rings (SSSR count). The average molecular weight is 427 g/mol. The summed E-state index contributed by atoms with van der Waals surface area (Å²) in [5, 5.41) is 7.28. The van der Waals surface area contributed by atoms with Gasteiger partial charge in [-0.1, -0.05) is 0 Å². The Morgan fingerprint density at radius 1 is 1.19 bits per heavy atom. The fraction of sp³-hybridized carbons (Fsp3) is 0.250. The molecule has 2 aliphatic rings. The number of anilines is 3. The topological polar surface area (TPSA) is 94.3 Å². The van der Waals surface area contributed by atoms with E-state index in [9.17, 15) is 4.79 Å². The lowest BCUT2D eigenvalue weighted by molar-refractivity contribution is 0.0532. The summed E-state index contributed by atoms with van der Waals surface area (Å²) in [6, 6.07) is 8.04. The zero-order valence-electron chi connectivity index (χ0n) is 17.9. The van der Waals surface area contributed by atoms with Gasteiger partial charge in [-0.2, -0.15) is 0 Å². The summed E-state index contributed by atoms with van der Waals surface area (Å²) in [6.45, 7) is 6.65. The van der Waals surface area contributed by atoms with Crippen molar-refractivity contribution in [3.05, 3.63) is 65.9 Å². The van der Waals surface area contributed by atoms with E-state index in [2.05, 4.69) is 51.5 Å². The van der Waals surface area contributed by atoms with E-state index < -0.39 is 0 Å². The molecule has 1 N–H and O–H groups in total. The molecular formula is C24H23N6O2. The van der Waals surface area contributed by atoms with Gasteiger partial charge in [-0.3, -0.25) is 4.79 Å². The zero-order valence-corrected chi connectivity index (χ0v) is 17.9. The molecular weight excluding hydrogens is 404 g/mol. The monoisotopic (exact) mass is 427 g/mol. The number of carbonyl (C=O) groups excluding carboxylic acids is 1. The van der Waals surface area contributed by atoms with Crippen LogP contribution in [-0.2, 0) is 4.74 Å². The van der Waals surface area contributed by atoms with Crippen LogP contribution in [0.1, 0.15) is 28.4 Å². The van der Waals surface area contributed by atoms with Crippen LogP contribution in [-0.4, -0.2) is 46.7 Å². The Morgan fingerprint density at radius 3 is 2.81 bits per heavy atom. The van der Waals surface area contributed by atoms with E-state index >= 15 is 0 Å². The Labute approximate surface area is 186 Å². The van der Waals surface area contributed by atoms with Crippen molar-refractivity contribution >= 4 is 29.2 Å². The van der Waals surface area contributed by atoms with Crippen LogP contribution < -0.4 is 15.5 Å². The van der Waals surface area contributed by atoms with E-state index in [0.29, 0.717) is 17.1 Å². The van der Waals surface area contributed by atoms with Crippen molar-refractivity contribution in [1.82, 2.24) is 20.3 Å². The summed E-state index contributed by atoms with van der Waals surface area (Å²) >= 11 is 0. The molecule has 1 radical (unpaired) electrons. The molecule has 0 unspecified atom stereocenters. The summed E-state index contributed by atoms with van der Waals surface area (Å²) in [7, 11) is 0. The lowest BCUT2D eigenvalue weighted by Gasteiger charge is -2.34. The van der Waals surface area contributed by atoms with Crippen molar-refractivity contribution in [3.63, 3.8) is 0 Å². The molecule has 4 heterocycles. The molecule has 161 valence electrons. The van der Waals surface area contributed by atoms with Crippen molar-refractivity contribution in [2.75, 3.05) is 29.9 Å². The first-order chi connectivity index (χ1) is 15.6. The number of nitrogens with one attached hydrogen (secondary N) is 1. The number of pyridine rings is 1. The van der Waals surface area contributed by atoms with Gasteiger partial charge in [0.15, 0.2) is 0 Å². The molecule has 1 amide bonds. The fourth-order valence-corrected chi connectivity index (χ4v) is 4.10. The summed E-state index contributed by atoms with van der Waals surface area (Å²) in [5.41, 5.74) is 5.85. The summed E-state index contributed by atoms with van der Waals surface area (Å²) in [5.74, 6) is 0.149. The Bertz CT molecular complexity index is 1190. The number of aryl methyl sites for hydroxylation is 1. The van der Waals surface area contributed by atoms with Gasteiger partial charge in [-0.15, -0.1) is 0 Å². The van der Waals surface area contributed by atoms with E-state index in [-0.39, 0.29) is 12.0 Å². The van der Waals surface area contributed by atoms with Crippen molar-refractivity contribution in [2.45, 2.75) is 20.0 Å². The number of ether oxygens (including phenoxy) is 1. The summed E-state index contributed by atoms with van der Waals surface area (Å²) in [4.78, 5) is 27.8. The molecule has 8 nitrogen and oxygen atoms in total. The first kappa shape index (κ1) is 20.1. The maximum absolute atomic E-state index is 12.6. The van der Waals surface area contributed by atoms with Gasteiger partial charge in [0.25, 0.3) is 5.91 Å². The Hall–Kier alpha value is -3.78. The molecule has 32 heavy (non-hydrogen) atoms. The number of fused-ring (bicyclic) bond motifs is 1. The van der Waals surface area contributed by atoms with Gasteiger partial charge in [-0.05, 0) is 55.3 Å². The van der Waals surface area contributed by atoms with Gasteiger partial charge in [0.05, 0.1) is 24.0 Å². The van der Waals surface area contributed by atoms with Crippen LogP contribution in [0.25, 0.3) is 17.3 Å². The second kappa shape index (κ2) is 8.39. The quantitative estimate of drug-likeness (QED) is 0.680. The lowest BCUT2D eigenvalue weighted by Crippen LogP contribution is -2.41. The smallest absolute Gasteiger partial charge is 0.281 e. The normalized spacial score (nSPS) is 17.6. The number of aromatic nitrogens is 3. The van der Waals surface area contributed by atoms with Crippen molar-refractivity contribution < 1.29 is 9.53 Å². The van der Waals surface area contributed by atoms with Gasteiger partial charge in [-0.25, -0.2) is 20.3 Å². The molecule has 8 heteroatoms. The second-order valence-electron chi connectivity index (χ2n) is 7.95. The zero-order chi connectivity index (χ0) is 22.1. The standard InChI is InChI=1S/C24H23N6O2/c1-15-9-19(3-4-21(15)30-7-8-32-16(2)13-30)28-23-22-17(5-6-27-24(22)31)10-20(29-23)18-11-25-14-26-12-18/h3-6,9-12,14,16H,7-8,13H2,1-2H3,(H,28,29)/t16-/m1/s1. The summed E-state index contributed by atoms with van der Waals surface area (Å²) < 4.78 is 5.67. The van der Waals surface area contributed by atoms with E-state index in [1.165, 1.54) is 18.2 Å². The highest BCUT2D eigenvalue weighted by molar-refractivity contribution is 6.05. The lowest BCUT2D eigenvalue weighted by atomic mass is 10.0. The number of rotatable bonds is 4. The molecule has 1 aromatic carbocycles. The minimum atomic E-state index is -0.316. The van der Waals surface area contributed by atoms with Crippen LogP contribution in [0.15, 0.2) is 49.2 Å². The molecule has 0 aliphatic carbocycles. The van der Waals surface area contributed by atoms with Crippen LogP contribution in [0.4, 0.5) is 17.2 Å². The Balaban J connectivity index is 1.50. The highest BCUT2D eigenvalue weighted by atomic mass is 16.5. The third-order valence-corrected chi connectivity index (χ3v) is 5.61. The predicted octanol–water partition coefficient (Wildman–Crippen LogP) is 3.54. The SMILES string of the molecule is Cc1cc(Nc2nc(-c3cncnc3)cc3c2C(=O)[N]C=C3)ccc1N1CCO[C@H](C)C1. The first-order valence-electron chi connectivity index (χ1n) is 10.5. The summed E-state index contributed by atoms with van der Waals surface area (Å²) in [6.07, 6.45) is 8.42. The first-order valence-corrected chi connectivity index (χ1v) is 10.5. The highest BCUT2D eigenvalue weighted by Crippen LogP contribution is 2.32. The van der Waals surface area contributed by atoms with E-state index in [1.54, 1.807) is 12.4 Å².